The minimum absolute atomic E-state index is 0.0129. The Morgan fingerprint density at radius 1 is 1.31 bits per heavy atom. The first kappa shape index (κ1) is 20.2. The van der Waals surface area contributed by atoms with Crippen LogP contribution in [-0.2, 0) is 12.7 Å². The van der Waals surface area contributed by atoms with Gasteiger partial charge in [0.1, 0.15) is 0 Å². The molecule has 0 radical (unpaired) electrons. The molecular formula is C14H11BrF4N4O2S. The zero-order valence-electron chi connectivity index (χ0n) is 13.1. The van der Waals surface area contributed by atoms with Gasteiger partial charge in [-0.05, 0) is 41.1 Å². The number of aromatic amines is 1. The van der Waals surface area contributed by atoms with Gasteiger partial charge < -0.3 is 0 Å². The molecule has 2 heterocycles. The summed E-state index contributed by atoms with van der Waals surface area (Å²) in [7, 11) is 0. The van der Waals surface area contributed by atoms with Crippen molar-refractivity contribution in [1.82, 2.24) is 18.5 Å². The number of benzene rings is 1. The second kappa shape index (κ2) is 8.08. The zero-order valence-corrected chi connectivity index (χ0v) is 15.5. The van der Waals surface area contributed by atoms with Crippen LogP contribution in [0.2, 0.25) is 0 Å². The summed E-state index contributed by atoms with van der Waals surface area (Å²) in [6.45, 7) is 1.78. The van der Waals surface area contributed by atoms with Crippen LogP contribution in [0.25, 0.3) is 10.9 Å². The van der Waals surface area contributed by atoms with Gasteiger partial charge in [-0.3, -0.25) is 14.3 Å². The molecule has 3 aromatic rings. The predicted molar refractivity (Wildman–Crippen MR) is 93.5 cm³/mol. The third-order valence-corrected chi connectivity index (χ3v) is 4.55. The lowest BCUT2D eigenvalue weighted by atomic mass is 10.1. The second-order valence-electron chi connectivity index (χ2n) is 4.82. The minimum Gasteiger partial charge on any atom is -0.294 e. The number of fused-ring (bicyclic) bond motifs is 1. The van der Waals surface area contributed by atoms with E-state index < -0.39 is 23.0 Å². The standard InChI is InChI=1S/C11H9F3N2O2.C3H2BrFN2S/c1-2-16-8-5-6(11(12,13)14)3-4-7(8)9(17)15-10(16)18;4-3-6-1-2-7(3)8-5/h3-5H,2H2,1H3,(H,15,17,18);1-2H. The number of aromatic nitrogens is 4. The molecule has 0 aliphatic carbocycles. The van der Waals surface area contributed by atoms with Crippen molar-refractivity contribution >= 4 is 39.2 Å². The first-order valence-electron chi connectivity index (χ1n) is 7.01. The van der Waals surface area contributed by atoms with Gasteiger partial charge in [0, 0.05) is 18.9 Å². The number of hydrogen-bond acceptors (Lipinski definition) is 4. The molecule has 0 aliphatic rings. The first-order chi connectivity index (χ1) is 12.2. The molecule has 0 aliphatic heterocycles. The Balaban J connectivity index is 0.000000254. The van der Waals surface area contributed by atoms with Crippen LogP contribution in [0.5, 0.6) is 0 Å². The van der Waals surface area contributed by atoms with E-state index in [-0.39, 0.29) is 29.8 Å². The smallest absolute Gasteiger partial charge is 0.294 e. The van der Waals surface area contributed by atoms with Gasteiger partial charge in [0.15, 0.2) is 17.1 Å². The van der Waals surface area contributed by atoms with Crippen molar-refractivity contribution in [3.63, 3.8) is 0 Å². The maximum atomic E-state index is 12.6. The fourth-order valence-electron chi connectivity index (χ4n) is 2.10. The van der Waals surface area contributed by atoms with Gasteiger partial charge in [0.2, 0.25) is 0 Å². The Morgan fingerprint density at radius 3 is 2.46 bits per heavy atom. The van der Waals surface area contributed by atoms with Crippen molar-refractivity contribution in [1.29, 1.82) is 0 Å². The summed E-state index contributed by atoms with van der Waals surface area (Å²) in [5.41, 5.74) is -2.30. The van der Waals surface area contributed by atoms with E-state index in [4.69, 9.17) is 0 Å². The Bertz CT molecular complexity index is 1030. The number of halogens is 5. The highest BCUT2D eigenvalue weighted by molar-refractivity contribution is 9.10. The fourth-order valence-corrected chi connectivity index (χ4v) is 2.71. The van der Waals surface area contributed by atoms with Crippen molar-refractivity contribution < 1.29 is 17.1 Å². The molecule has 0 unspecified atom stereocenters. The summed E-state index contributed by atoms with van der Waals surface area (Å²) in [5, 5.41) is 0.0597. The van der Waals surface area contributed by atoms with E-state index in [2.05, 4.69) is 25.9 Å². The van der Waals surface area contributed by atoms with Crippen LogP contribution in [0.15, 0.2) is 44.9 Å². The number of aryl methyl sites for hydroxylation is 1. The number of nitrogens with zero attached hydrogens (tertiary/aromatic N) is 3. The highest BCUT2D eigenvalue weighted by Gasteiger charge is 2.30. The molecule has 6 nitrogen and oxygen atoms in total. The molecule has 1 aromatic carbocycles. The Labute approximate surface area is 156 Å². The van der Waals surface area contributed by atoms with Crippen LogP contribution in [0.3, 0.4) is 0 Å². The zero-order chi connectivity index (χ0) is 19.5. The molecule has 3 rings (SSSR count). The van der Waals surface area contributed by atoms with Gasteiger partial charge in [-0.1, -0.05) is 0 Å². The molecular weight excluding hydrogens is 444 g/mol. The molecule has 0 fully saturated rings. The van der Waals surface area contributed by atoms with Gasteiger partial charge in [-0.2, -0.15) is 13.2 Å². The van der Waals surface area contributed by atoms with Crippen molar-refractivity contribution in [2.45, 2.75) is 19.6 Å². The maximum Gasteiger partial charge on any atom is 0.416 e. The normalized spacial score (nSPS) is 11.3. The average Bonchev–Trinajstić information content (AvgIpc) is 2.99. The van der Waals surface area contributed by atoms with Gasteiger partial charge in [-0.15, -0.1) is 3.89 Å². The van der Waals surface area contributed by atoms with Crippen LogP contribution in [-0.4, -0.2) is 18.5 Å². The summed E-state index contributed by atoms with van der Waals surface area (Å²) in [6.07, 6.45) is -1.48. The third-order valence-electron chi connectivity index (χ3n) is 3.28. The number of nitrogens with one attached hydrogen (secondary N) is 1. The molecule has 0 spiro atoms. The number of hydrogen-bond donors (Lipinski definition) is 1. The quantitative estimate of drug-likeness (QED) is 0.598. The lowest BCUT2D eigenvalue weighted by Crippen LogP contribution is -2.30. The first-order valence-corrected chi connectivity index (χ1v) is 8.47. The molecule has 12 heteroatoms. The van der Waals surface area contributed by atoms with Crippen LogP contribution in [0.1, 0.15) is 12.5 Å². The molecule has 1 N–H and O–H groups in total. The molecule has 140 valence electrons. The van der Waals surface area contributed by atoms with E-state index in [1.54, 1.807) is 6.92 Å². The van der Waals surface area contributed by atoms with Gasteiger partial charge in [0.25, 0.3) is 5.56 Å². The summed E-state index contributed by atoms with van der Waals surface area (Å²) >= 11 is 3.13. The molecule has 0 amide bonds. The third kappa shape index (κ3) is 4.36. The van der Waals surface area contributed by atoms with Crippen LogP contribution in [0.4, 0.5) is 17.1 Å². The molecule has 0 saturated heterocycles. The van der Waals surface area contributed by atoms with E-state index in [1.165, 1.54) is 16.4 Å². The number of H-pyrrole nitrogens is 1. The van der Waals surface area contributed by atoms with E-state index in [9.17, 15) is 26.6 Å². The van der Waals surface area contributed by atoms with Crippen molar-refractivity contribution in [3.05, 3.63) is 61.7 Å². The monoisotopic (exact) mass is 454 g/mol. The summed E-state index contributed by atoms with van der Waals surface area (Å²) < 4.78 is 52.2. The topological polar surface area (TPSA) is 72.7 Å². The summed E-state index contributed by atoms with van der Waals surface area (Å²) in [6, 6.07) is 2.71. The van der Waals surface area contributed by atoms with Crippen molar-refractivity contribution in [2.24, 2.45) is 0 Å². The van der Waals surface area contributed by atoms with Gasteiger partial charge >= 0.3 is 11.9 Å². The Hall–Kier alpha value is -2.08. The highest BCUT2D eigenvalue weighted by Crippen LogP contribution is 2.30. The molecule has 26 heavy (non-hydrogen) atoms. The van der Waals surface area contributed by atoms with Crippen molar-refractivity contribution in [2.75, 3.05) is 0 Å². The number of alkyl halides is 3. The summed E-state index contributed by atoms with van der Waals surface area (Å²) in [5.74, 6) is 0. The lowest BCUT2D eigenvalue weighted by Gasteiger charge is -2.10. The number of imidazole rings is 1. The molecule has 0 saturated carbocycles. The fraction of sp³-hybridized carbons (Fsp3) is 0.214. The SMILES string of the molecule is CCn1c(=O)[nH]c(=O)c2ccc(C(F)(F)F)cc21.FSn1ccnc1Br. The molecule has 0 atom stereocenters. The number of rotatable bonds is 2. The van der Waals surface area contributed by atoms with Crippen molar-refractivity contribution in [3.8, 4) is 0 Å². The second-order valence-corrected chi connectivity index (χ2v) is 6.06. The lowest BCUT2D eigenvalue weighted by molar-refractivity contribution is -0.137. The van der Waals surface area contributed by atoms with Crippen LogP contribution >= 0.6 is 28.3 Å². The van der Waals surface area contributed by atoms with E-state index in [1.807, 2.05) is 0 Å². The molecule has 2 aromatic heterocycles. The van der Waals surface area contributed by atoms with E-state index in [0.717, 1.165) is 22.8 Å². The maximum absolute atomic E-state index is 12.6. The van der Waals surface area contributed by atoms with Gasteiger partial charge in [0.05, 0.1) is 16.5 Å². The van der Waals surface area contributed by atoms with E-state index in [0.29, 0.717) is 4.73 Å². The highest BCUT2D eigenvalue weighted by atomic mass is 79.9. The average molecular weight is 455 g/mol. The van der Waals surface area contributed by atoms with Gasteiger partial charge in [-0.25, -0.2) is 13.8 Å². The summed E-state index contributed by atoms with van der Waals surface area (Å²) in [4.78, 5) is 28.7. The van der Waals surface area contributed by atoms with Crippen LogP contribution < -0.4 is 11.2 Å². The van der Waals surface area contributed by atoms with E-state index >= 15 is 0 Å². The Kier molecular flexibility index (Phi) is 6.29. The minimum atomic E-state index is -4.51. The Morgan fingerprint density at radius 2 is 2.00 bits per heavy atom. The molecule has 0 bridgehead atoms. The largest absolute Gasteiger partial charge is 0.416 e. The predicted octanol–water partition coefficient (Wildman–Crippen LogP) is 3.75. The van der Waals surface area contributed by atoms with Crippen LogP contribution in [0, 0.1) is 0 Å².